The fourth-order valence-electron chi connectivity index (χ4n) is 2.19. The van der Waals surface area contributed by atoms with Crippen molar-refractivity contribution in [1.29, 1.82) is 0 Å². The van der Waals surface area contributed by atoms with Crippen molar-refractivity contribution < 1.29 is 4.39 Å². The first-order valence-electron chi connectivity index (χ1n) is 6.18. The monoisotopic (exact) mass is 400 g/mol. The van der Waals surface area contributed by atoms with Crippen molar-refractivity contribution in [3.63, 3.8) is 0 Å². The minimum absolute atomic E-state index is 0.0781. The summed E-state index contributed by atoms with van der Waals surface area (Å²) in [4.78, 5) is 0. The van der Waals surface area contributed by atoms with Gasteiger partial charge in [-0.1, -0.05) is 40.2 Å². The van der Waals surface area contributed by atoms with E-state index in [1.807, 2.05) is 31.2 Å². The van der Waals surface area contributed by atoms with Crippen LogP contribution in [-0.2, 0) is 6.42 Å². The minimum Gasteiger partial charge on any atom is -0.271 e. The van der Waals surface area contributed by atoms with Gasteiger partial charge in [0.25, 0.3) is 0 Å². The summed E-state index contributed by atoms with van der Waals surface area (Å²) in [6, 6.07) is 10.9. The lowest BCUT2D eigenvalue weighted by molar-refractivity contribution is 0.544. The molecule has 0 aliphatic rings. The van der Waals surface area contributed by atoms with Gasteiger partial charge in [-0.3, -0.25) is 11.3 Å². The predicted octanol–water partition coefficient (Wildman–Crippen LogP) is 4.41. The average Bonchev–Trinajstić information content (AvgIpc) is 2.44. The molecule has 3 N–H and O–H groups in total. The molecule has 0 radical (unpaired) electrons. The van der Waals surface area contributed by atoms with Gasteiger partial charge < -0.3 is 0 Å². The number of nitrogens with one attached hydrogen (secondary N) is 1. The largest absolute Gasteiger partial charge is 0.271 e. The van der Waals surface area contributed by atoms with Gasteiger partial charge in [0.1, 0.15) is 5.82 Å². The summed E-state index contributed by atoms with van der Waals surface area (Å²) in [6.45, 7) is 2.03. The maximum absolute atomic E-state index is 13.6. The fraction of sp³-hybridized carbons (Fsp3) is 0.200. The highest BCUT2D eigenvalue weighted by Crippen LogP contribution is 2.29. The molecule has 106 valence electrons. The predicted molar refractivity (Wildman–Crippen MR) is 86.7 cm³/mol. The Kier molecular flexibility index (Phi) is 5.32. The van der Waals surface area contributed by atoms with Crippen LogP contribution >= 0.6 is 31.9 Å². The highest BCUT2D eigenvalue weighted by Gasteiger charge is 2.16. The van der Waals surface area contributed by atoms with Crippen molar-refractivity contribution in [2.75, 3.05) is 0 Å². The number of hydrogen-bond acceptors (Lipinski definition) is 2. The lowest BCUT2D eigenvalue weighted by atomic mass is 9.96. The molecule has 2 aromatic rings. The number of rotatable bonds is 4. The summed E-state index contributed by atoms with van der Waals surface area (Å²) >= 11 is 6.81. The van der Waals surface area contributed by atoms with Gasteiger partial charge >= 0.3 is 0 Å². The van der Waals surface area contributed by atoms with E-state index in [2.05, 4.69) is 37.3 Å². The summed E-state index contributed by atoms with van der Waals surface area (Å²) in [6.07, 6.45) is 0.603. The van der Waals surface area contributed by atoms with Gasteiger partial charge in [0.05, 0.1) is 10.5 Å². The average molecular weight is 402 g/mol. The molecule has 0 spiro atoms. The van der Waals surface area contributed by atoms with E-state index in [1.165, 1.54) is 6.07 Å². The first kappa shape index (κ1) is 15.6. The van der Waals surface area contributed by atoms with E-state index in [0.29, 0.717) is 10.9 Å². The third-order valence-corrected chi connectivity index (χ3v) is 5.09. The Bertz CT molecular complexity index is 617. The van der Waals surface area contributed by atoms with Crippen LogP contribution in [0.5, 0.6) is 0 Å². The van der Waals surface area contributed by atoms with E-state index >= 15 is 0 Å². The van der Waals surface area contributed by atoms with Crippen LogP contribution in [0.4, 0.5) is 4.39 Å². The van der Waals surface area contributed by atoms with Crippen molar-refractivity contribution in [1.82, 2.24) is 5.43 Å². The summed E-state index contributed by atoms with van der Waals surface area (Å²) in [5, 5.41) is 0. The maximum atomic E-state index is 13.6. The van der Waals surface area contributed by atoms with E-state index in [1.54, 1.807) is 6.07 Å². The van der Waals surface area contributed by atoms with Crippen LogP contribution in [0.2, 0.25) is 0 Å². The smallest absolute Gasteiger partial charge is 0.137 e. The Morgan fingerprint density at radius 2 is 1.90 bits per heavy atom. The Balaban J connectivity index is 2.34. The zero-order valence-corrected chi connectivity index (χ0v) is 14.1. The molecule has 2 aromatic carbocycles. The molecular weight excluding hydrogens is 387 g/mol. The second kappa shape index (κ2) is 6.80. The normalized spacial score (nSPS) is 12.4. The third kappa shape index (κ3) is 3.28. The van der Waals surface area contributed by atoms with Crippen LogP contribution in [0.1, 0.15) is 22.7 Å². The SMILES string of the molecule is Cc1c(Br)cccc1C(Cc1cccc(F)c1Br)NN. The molecule has 5 heteroatoms. The number of benzene rings is 2. The van der Waals surface area contributed by atoms with Crippen molar-refractivity contribution in [3.8, 4) is 0 Å². The lowest BCUT2D eigenvalue weighted by Crippen LogP contribution is -2.30. The van der Waals surface area contributed by atoms with Crippen LogP contribution < -0.4 is 11.3 Å². The van der Waals surface area contributed by atoms with Gasteiger partial charge in [-0.05, 0) is 58.1 Å². The maximum Gasteiger partial charge on any atom is 0.137 e. The van der Waals surface area contributed by atoms with E-state index in [4.69, 9.17) is 5.84 Å². The molecule has 0 saturated carbocycles. The molecule has 0 aliphatic heterocycles. The summed E-state index contributed by atoms with van der Waals surface area (Å²) in [7, 11) is 0. The second-order valence-corrected chi connectivity index (χ2v) is 6.24. The lowest BCUT2D eigenvalue weighted by Gasteiger charge is -2.20. The van der Waals surface area contributed by atoms with Crippen LogP contribution in [0, 0.1) is 12.7 Å². The van der Waals surface area contributed by atoms with Crippen LogP contribution in [-0.4, -0.2) is 0 Å². The van der Waals surface area contributed by atoms with Gasteiger partial charge in [-0.25, -0.2) is 4.39 Å². The molecular formula is C15H15Br2FN2. The number of halogens is 3. The molecule has 0 bridgehead atoms. The van der Waals surface area contributed by atoms with Gasteiger partial charge in [-0.15, -0.1) is 0 Å². The summed E-state index contributed by atoms with van der Waals surface area (Å²) in [5.41, 5.74) is 5.92. The highest BCUT2D eigenvalue weighted by molar-refractivity contribution is 9.10. The van der Waals surface area contributed by atoms with E-state index < -0.39 is 0 Å². The summed E-state index contributed by atoms with van der Waals surface area (Å²) < 4.78 is 15.1. The Morgan fingerprint density at radius 1 is 1.20 bits per heavy atom. The topological polar surface area (TPSA) is 38.0 Å². The summed E-state index contributed by atoms with van der Waals surface area (Å²) in [5.74, 6) is 5.43. The first-order valence-corrected chi connectivity index (χ1v) is 7.77. The minimum atomic E-state index is -0.260. The molecule has 1 unspecified atom stereocenters. The molecule has 0 aliphatic carbocycles. The second-order valence-electron chi connectivity index (χ2n) is 4.59. The van der Waals surface area contributed by atoms with Crippen LogP contribution in [0.3, 0.4) is 0 Å². The van der Waals surface area contributed by atoms with Crippen LogP contribution in [0.15, 0.2) is 45.3 Å². The number of nitrogens with two attached hydrogens (primary N) is 1. The zero-order valence-electron chi connectivity index (χ0n) is 11.0. The van der Waals surface area contributed by atoms with Gasteiger partial charge in [0.15, 0.2) is 0 Å². The molecule has 2 rings (SSSR count). The first-order chi connectivity index (χ1) is 9.54. The highest BCUT2D eigenvalue weighted by atomic mass is 79.9. The van der Waals surface area contributed by atoms with Crippen molar-refractivity contribution in [2.24, 2.45) is 5.84 Å². The molecule has 0 amide bonds. The molecule has 20 heavy (non-hydrogen) atoms. The molecule has 0 heterocycles. The van der Waals surface area contributed by atoms with E-state index in [0.717, 1.165) is 21.2 Å². The Hall–Kier alpha value is -0.750. The third-order valence-electron chi connectivity index (χ3n) is 3.34. The van der Waals surface area contributed by atoms with Gasteiger partial charge in [-0.2, -0.15) is 0 Å². The zero-order chi connectivity index (χ0) is 14.7. The molecule has 0 aromatic heterocycles. The van der Waals surface area contributed by atoms with Gasteiger partial charge in [0.2, 0.25) is 0 Å². The van der Waals surface area contributed by atoms with Crippen molar-refractivity contribution in [2.45, 2.75) is 19.4 Å². The standard InChI is InChI=1S/C15H15Br2FN2/c1-9-11(5-3-6-12(9)16)14(20-19)8-10-4-2-7-13(18)15(10)17/h2-7,14,20H,8,19H2,1H3. The van der Waals surface area contributed by atoms with Crippen molar-refractivity contribution in [3.05, 3.63) is 67.9 Å². The van der Waals surface area contributed by atoms with Gasteiger partial charge in [0, 0.05) is 4.47 Å². The molecule has 2 nitrogen and oxygen atoms in total. The molecule has 0 saturated heterocycles. The number of hydrogen-bond donors (Lipinski definition) is 2. The number of hydrazine groups is 1. The molecule has 1 atom stereocenters. The fourth-order valence-corrected chi connectivity index (χ4v) is 2.99. The van der Waals surface area contributed by atoms with Crippen LogP contribution in [0.25, 0.3) is 0 Å². The van der Waals surface area contributed by atoms with Crippen molar-refractivity contribution >= 4 is 31.9 Å². The molecule has 0 fully saturated rings. The Labute approximate surface area is 134 Å². The van der Waals surface area contributed by atoms with E-state index in [-0.39, 0.29) is 11.9 Å². The quantitative estimate of drug-likeness (QED) is 0.588. The van der Waals surface area contributed by atoms with E-state index in [9.17, 15) is 4.39 Å². The Morgan fingerprint density at radius 3 is 2.60 bits per heavy atom.